The molecule has 0 saturated carbocycles. The zero-order valence-corrected chi connectivity index (χ0v) is 17.7. The number of carboxylic acid groups (broad SMARTS) is 1. The molecule has 11 heteroatoms. The van der Waals surface area contributed by atoms with Crippen molar-refractivity contribution in [2.45, 2.75) is 37.3 Å². The van der Waals surface area contributed by atoms with Gasteiger partial charge in [0.25, 0.3) is 0 Å². The zero-order chi connectivity index (χ0) is 22.6. The largest absolute Gasteiger partial charge is 0.480 e. The quantitative estimate of drug-likeness (QED) is 0.211. The van der Waals surface area contributed by atoms with E-state index in [1.165, 1.54) is 14.2 Å². The topological polar surface area (TPSA) is 157 Å². The van der Waals surface area contributed by atoms with Crippen LogP contribution in [0.15, 0.2) is 35.3 Å². The van der Waals surface area contributed by atoms with E-state index >= 15 is 0 Å². The Morgan fingerprint density at radius 1 is 1.10 bits per heavy atom. The maximum atomic E-state index is 11.0. The third kappa shape index (κ3) is 8.05. The Labute approximate surface area is 181 Å². The van der Waals surface area contributed by atoms with Crippen molar-refractivity contribution in [1.82, 2.24) is 0 Å². The molecule has 1 aliphatic rings. The number of guanidine groups is 1. The number of rotatable bonds is 13. The molecule has 1 aromatic carbocycles. The fourth-order valence-electron chi connectivity index (χ4n) is 3.23. The van der Waals surface area contributed by atoms with Gasteiger partial charge in [0.2, 0.25) is 0 Å². The first kappa shape index (κ1) is 25.0. The van der Waals surface area contributed by atoms with Crippen LogP contribution < -0.4 is 11.5 Å². The summed E-state index contributed by atoms with van der Waals surface area (Å²) < 4.78 is 34.3. The van der Waals surface area contributed by atoms with E-state index in [0.29, 0.717) is 13.2 Å². The second-order valence-electron chi connectivity index (χ2n) is 6.79. The lowest BCUT2D eigenvalue weighted by Crippen LogP contribution is -2.61. The molecule has 0 radical (unpaired) electrons. The number of nitrogens with two attached hydrogens (primary N) is 2. The normalized spacial score (nSPS) is 25.8. The van der Waals surface area contributed by atoms with E-state index in [4.69, 9.17) is 45.0 Å². The smallest absolute Gasteiger partial charge is 0.329 e. The van der Waals surface area contributed by atoms with Crippen molar-refractivity contribution in [3.05, 3.63) is 35.9 Å². The van der Waals surface area contributed by atoms with Crippen LogP contribution in [0.25, 0.3) is 0 Å². The van der Waals surface area contributed by atoms with Crippen molar-refractivity contribution in [1.29, 1.82) is 0 Å². The lowest BCUT2D eigenvalue weighted by atomic mass is 9.98. The van der Waals surface area contributed by atoms with Crippen molar-refractivity contribution in [3.8, 4) is 0 Å². The Hall–Kier alpha value is -2.28. The Kier molecular flexibility index (Phi) is 10.6. The van der Waals surface area contributed by atoms with E-state index < -0.39 is 43.3 Å². The monoisotopic (exact) mass is 441 g/mol. The van der Waals surface area contributed by atoms with E-state index in [0.717, 1.165) is 5.56 Å². The average Bonchev–Trinajstić information content (AvgIpc) is 2.76. The molecule has 5 N–H and O–H groups in total. The van der Waals surface area contributed by atoms with Gasteiger partial charge in [-0.3, -0.25) is 4.99 Å². The van der Waals surface area contributed by atoms with Crippen LogP contribution in [0.1, 0.15) is 5.56 Å². The number of ether oxygens (including phenoxy) is 6. The molecule has 1 aromatic rings. The highest BCUT2D eigenvalue weighted by Crippen LogP contribution is 2.29. The molecule has 0 aliphatic carbocycles. The van der Waals surface area contributed by atoms with Gasteiger partial charge in [0.05, 0.1) is 26.4 Å². The van der Waals surface area contributed by atoms with Gasteiger partial charge in [-0.05, 0) is 5.56 Å². The lowest BCUT2D eigenvalue weighted by Gasteiger charge is -2.44. The van der Waals surface area contributed by atoms with E-state index in [1.807, 2.05) is 30.3 Å². The highest BCUT2D eigenvalue weighted by molar-refractivity contribution is 5.75. The number of hydrogen-bond donors (Lipinski definition) is 3. The average molecular weight is 441 g/mol. The van der Waals surface area contributed by atoms with Gasteiger partial charge in [-0.2, -0.15) is 0 Å². The zero-order valence-electron chi connectivity index (χ0n) is 17.7. The minimum atomic E-state index is -1.13. The van der Waals surface area contributed by atoms with Crippen molar-refractivity contribution < 1.29 is 38.3 Å². The lowest BCUT2D eigenvalue weighted by molar-refractivity contribution is -0.317. The Morgan fingerprint density at radius 3 is 2.42 bits per heavy atom. The molecule has 11 nitrogen and oxygen atoms in total. The van der Waals surface area contributed by atoms with E-state index in [2.05, 4.69) is 4.99 Å². The molecular formula is C20H31N3O8. The molecule has 2 rings (SSSR count). The van der Waals surface area contributed by atoms with Crippen molar-refractivity contribution in [3.63, 3.8) is 0 Å². The standard InChI is InChI=1S/C20H31N3O8/c1-26-16-14(11-28-9-8-23-20(21)22)31-19(30-12-15(24)25)18(27-2)17(16)29-10-13-6-4-3-5-7-13/h3-7,14,16-19H,8-12H2,1-2H3,(H,24,25)(H4,21,22,23)/t14-,16-,17+,18-,19+/m1/s1. The van der Waals surface area contributed by atoms with Gasteiger partial charge in [-0.25, -0.2) is 4.79 Å². The highest BCUT2D eigenvalue weighted by Gasteiger charge is 2.48. The fraction of sp³-hybridized carbons (Fsp3) is 0.600. The van der Waals surface area contributed by atoms with Gasteiger partial charge in [-0.15, -0.1) is 0 Å². The third-order valence-electron chi connectivity index (χ3n) is 4.60. The van der Waals surface area contributed by atoms with E-state index in [1.54, 1.807) is 0 Å². The Balaban J connectivity index is 2.11. The minimum absolute atomic E-state index is 0.0215. The second-order valence-corrected chi connectivity index (χ2v) is 6.79. The van der Waals surface area contributed by atoms with Gasteiger partial charge in [-0.1, -0.05) is 30.3 Å². The third-order valence-corrected chi connectivity index (χ3v) is 4.60. The summed E-state index contributed by atoms with van der Waals surface area (Å²) in [5, 5.41) is 9.00. The Morgan fingerprint density at radius 2 is 1.81 bits per heavy atom. The molecule has 31 heavy (non-hydrogen) atoms. The van der Waals surface area contributed by atoms with Crippen LogP contribution in [0, 0.1) is 0 Å². The predicted molar refractivity (Wildman–Crippen MR) is 110 cm³/mol. The highest BCUT2D eigenvalue weighted by atomic mass is 16.7. The molecule has 1 saturated heterocycles. The number of carbonyl (C=O) groups is 1. The van der Waals surface area contributed by atoms with E-state index in [-0.39, 0.29) is 19.2 Å². The van der Waals surface area contributed by atoms with Gasteiger partial charge in [0.15, 0.2) is 12.2 Å². The maximum absolute atomic E-state index is 11.0. The first-order valence-corrected chi connectivity index (χ1v) is 9.79. The number of aliphatic carboxylic acids is 1. The van der Waals surface area contributed by atoms with Crippen LogP contribution in [-0.4, -0.2) is 88.3 Å². The number of benzene rings is 1. The molecule has 174 valence electrons. The van der Waals surface area contributed by atoms with Crippen LogP contribution in [0.3, 0.4) is 0 Å². The first-order chi connectivity index (χ1) is 15.0. The Bertz CT molecular complexity index is 686. The number of aliphatic imine (C=N–C) groups is 1. The summed E-state index contributed by atoms with van der Waals surface area (Å²) in [5.41, 5.74) is 11.6. The summed E-state index contributed by atoms with van der Waals surface area (Å²) in [7, 11) is 3.01. The summed E-state index contributed by atoms with van der Waals surface area (Å²) >= 11 is 0. The molecule has 1 aliphatic heterocycles. The summed E-state index contributed by atoms with van der Waals surface area (Å²) in [4.78, 5) is 14.8. The molecule has 0 spiro atoms. The van der Waals surface area contributed by atoms with Crippen LogP contribution in [0.4, 0.5) is 0 Å². The predicted octanol–water partition coefficient (Wildman–Crippen LogP) is -0.282. The van der Waals surface area contributed by atoms with Crippen molar-refractivity contribution in [2.75, 3.05) is 40.6 Å². The van der Waals surface area contributed by atoms with Crippen molar-refractivity contribution in [2.24, 2.45) is 16.5 Å². The van der Waals surface area contributed by atoms with Gasteiger partial charge in [0.1, 0.15) is 31.0 Å². The molecule has 0 aromatic heterocycles. The number of methoxy groups -OCH3 is 2. The molecule has 5 atom stereocenters. The maximum Gasteiger partial charge on any atom is 0.329 e. The number of carboxylic acids is 1. The van der Waals surface area contributed by atoms with Gasteiger partial charge >= 0.3 is 5.97 Å². The van der Waals surface area contributed by atoms with Crippen LogP contribution in [0.2, 0.25) is 0 Å². The van der Waals surface area contributed by atoms with E-state index in [9.17, 15) is 4.79 Å². The van der Waals surface area contributed by atoms with Crippen LogP contribution in [-0.2, 0) is 39.8 Å². The summed E-state index contributed by atoms with van der Waals surface area (Å²) in [5.74, 6) is -1.15. The summed E-state index contributed by atoms with van der Waals surface area (Å²) in [6, 6.07) is 9.61. The van der Waals surface area contributed by atoms with Gasteiger partial charge in [0, 0.05) is 14.2 Å². The molecule has 0 amide bonds. The minimum Gasteiger partial charge on any atom is -0.480 e. The first-order valence-electron chi connectivity index (χ1n) is 9.79. The van der Waals surface area contributed by atoms with Crippen LogP contribution >= 0.6 is 0 Å². The second kappa shape index (κ2) is 13.2. The van der Waals surface area contributed by atoms with Gasteiger partial charge < -0.3 is 45.0 Å². The molecule has 1 fully saturated rings. The molecule has 0 bridgehead atoms. The van der Waals surface area contributed by atoms with Crippen molar-refractivity contribution >= 4 is 11.9 Å². The molecule has 1 heterocycles. The number of nitrogens with zero attached hydrogens (tertiary/aromatic N) is 1. The SMILES string of the molecule is CO[C@H]1[C@@H](OCC(=O)O)O[C@H](COCCN=C(N)N)[C@@H](OC)[C@@H]1OCc1ccccc1. The molecule has 0 unspecified atom stereocenters. The van der Waals surface area contributed by atoms with Crippen LogP contribution in [0.5, 0.6) is 0 Å². The molecular weight excluding hydrogens is 410 g/mol. The summed E-state index contributed by atoms with van der Waals surface area (Å²) in [6.45, 7) is 0.437. The summed E-state index contributed by atoms with van der Waals surface area (Å²) in [6.07, 6.45) is -3.46. The fourth-order valence-corrected chi connectivity index (χ4v) is 3.23. The number of hydrogen-bond acceptors (Lipinski definition) is 8.